The molecule has 0 aliphatic carbocycles. The van der Waals surface area contributed by atoms with Crippen LogP contribution in [0.25, 0.3) is 0 Å². The molecule has 24 heavy (non-hydrogen) atoms. The minimum Gasteiger partial charge on any atom is -0.385 e. The summed E-state index contributed by atoms with van der Waals surface area (Å²) in [5, 5.41) is 0. The molecule has 0 unspecified atom stereocenters. The van der Waals surface area contributed by atoms with Crippen LogP contribution in [-0.4, -0.2) is 41.2 Å². The summed E-state index contributed by atoms with van der Waals surface area (Å²) in [6.07, 6.45) is 2.37. The fourth-order valence-corrected chi connectivity index (χ4v) is 0.537. The molecule has 0 saturated heterocycles. The van der Waals surface area contributed by atoms with Crippen LogP contribution < -0.4 is 0 Å². The highest BCUT2D eigenvalue weighted by Gasteiger charge is 1.85. The van der Waals surface area contributed by atoms with Crippen LogP contribution >= 0.6 is 0 Å². The van der Waals surface area contributed by atoms with Crippen molar-refractivity contribution in [1.82, 2.24) is 0 Å². The van der Waals surface area contributed by atoms with Crippen molar-refractivity contribution in [1.29, 1.82) is 0 Å². The summed E-state index contributed by atoms with van der Waals surface area (Å²) in [6, 6.07) is 0. The Morgan fingerprint density at radius 3 is 0.917 bits per heavy atom. The fourth-order valence-electron chi connectivity index (χ4n) is 0.537. The van der Waals surface area contributed by atoms with Crippen molar-refractivity contribution in [2.24, 2.45) is 5.92 Å². The molecule has 0 amide bonds. The van der Waals surface area contributed by atoms with E-state index in [1.54, 1.807) is 21.3 Å². The first-order chi connectivity index (χ1) is 8.51. The lowest BCUT2D eigenvalue weighted by atomic mass is 10.2. The van der Waals surface area contributed by atoms with Gasteiger partial charge in [-0.15, -0.1) is 0 Å². The van der Waals surface area contributed by atoms with Crippen molar-refractivity contribution in [3.8, 4) is 0 Å². The largest absolute Gasteiger partial charge is 0.385 e. The summed E-state index contributed by atoms with van der Waals surface area (Å²) >= 11 is 0. The minimum atomic E-state index is 0. The van der Waals surface area contributed by atoms with Crippen LogP contribution in [0.1, 0.15) is 98.9 Å². The van der Waals surface area contributed by atoms with E-state index in [-0.39, 0.29) is 44.6 Å². The first kappa shape index (κ1) is 64.9. The molecule has 0 fully saturated rings. The second-order valence-corrected chi connectivity index (χ2v) is 4.13. The van der Waals surface area contributed by atoms with Gasteiger partial charge in [0.05, 0.1) is 0 Å². The van der Waals surface area contributed by atoms with E-state index in [0.717, 1.165) is 26.2 Å². The Labute approximate surface area is 160 Å². The second-order valence-electron chi connectivity index (χ2n) is 4.13. The van der Waals surface area contributed by atoms with E-state index in [1.807, 2.05) is 6.92 Å². The fraction of sp³-hybridized carbons (Fsp3) is 1.00. The molecule has 0 spiro atoms. The molecule has 0 radical (unpaired) electrons. The SMILES string of the molecule is C.C.C.C.C.C.CCC.CCCOC.CCOC.COCC(C)C. The van der Waals surface area contributed by atoms with E-state index in [4.69, 9.17) is 9.47 Å². The van der Waals surface area contributed by atoms with E-state index < -0.39 is 0 Å². The molecule has 3 heteroatoms. The van der Waals surface area contributed by atoms with E-state index >= 15 is 0 Å². The monoisotopic (exact) mass is 362 g/mol. The van der Waals surface area contributed by atoms with E-state index in [2.05, 4.69) is 39.4 Å². The summed E-state index contributed by atoms with van der Waals surface area (Å²) in [5.74, 6) is 0.676. The molecule has 3 nitrogen and oxygen atoms in total. The molecular weight excluding hydrogens is 300 g/mol. The molecule has 0 rings (SSSR count). The molecule has 0 aliphatic rings. The van der Waals surface area contributed by atoms with Crippen molar-refractivity contribution in [2.45, 2.75) is 98.9 Å². The number of rotatable bonds is 5. The maximum atomic E-state index is 4.80. The van der Waals surface area contributed by atoms with Crippen LogP contribution in [0.3, 0.4) is 0 Å². The minimum absolute atomic E-state index is 0. The lowest BCUT2D eigenvalue weighted by Crippen LogP contribution is -1.96. The normalized spacial score (nSPS) is 6.25. The predicted octanol–water partition coefficient (Wildman–Crippen LogP) is 8.22. The highest BCUT2D eigenvalue weighted by Crippen LogP contribution is 1.88. The summed E-state index contributed by atoms with van der Waals surface area (Å²) in [4.78, 5) is 0. The molecule has 0 aromatic carbocycles. The quantitative estimate of drug-likeness (QED) is 0.493. The molecular formula is C21H62O3. The third-order valence-electron chi connectivity index (χ3n) is 1.20. The number of methoxy groups -OCH3 is 3. The van der Waals surface area contributed by atoms with Crippen LogP contribution in [0.4, 0.5) is 0 Å². The van der Waals surface area contributed by atoms with Crippen LogP contribution in [0.5, 0.6) is 0 Å². The summed E-state index contributed by atoms with van der Waals surface area (Å²) in [5.41, 5.74) is 0. The van der Waals surface area contributed by atoms with Gasteiger partial charge in [-0.2, -0.15) is 0 Å². The van der Waals surface area contributed by atoms with Gasteiger partial charge in [0.15, 0.2) is 0 Å². The molecule has 0 heterocycles. The average molecular weight is 363 g/mol. The number of hydrogen-bond acceptors (Lipinski definition) is 3. The van der Waals surface area contributed by atoms with Gasteiger partial charge >= 0.3 is 0 Å². The van der Waals surface area contributed by atoms with Crippen LogP contribution in [0, 0.1) is 5.92 Å². The van der Waals surface area contributed by atoms with Gasteiger partial charge in [-0.25, -0.2) is 0 Å². The van der Waals surface area contributed by atoms with Crippen LogP contribution in [0.2, 0.25) is 0 Å². The van der Waals surface area contributed by atoms with Crippen LogP contribution in [0.15, 0.2) is 0 Å². The highest BCUT2D eigenvalue weighted by molar-refractivity contribution is 4.35. The van der Waals surface area contributed by atoms with Gasteiger partial charge in [0, 0.05) is 41.2 Å². The molecule has 0 N–H and O–H groups in total. The maximum absolute atomic E-state index is 4.80. The van der Waals surface area contributed by atoms with E-state index in [0.29, 0.717) is 5.92 Å². The first-order valence-corrected chi connectivity index (χ1v) is 6.98. The smallest absolute Gasteiger partial charge is 0.0485 e. The Balaban J connectivity index is -0.0000000128. The van der Waals surface area contributed by atoms with Gasteiger partial charge in [0.2, 0.25) is 0 Å². The zero-order valence-corrected chi connectivity index (χ0v) is 14.3. The van der Waals surface area contributed by atoms with Gasteiger partial charge in [-0.3, -0.25) is 0 Å². The molecule has 0 aliphatic heterocycles. The number of hydrogen-bond donors (Lipinski definition) is 0. The van der Waals surface area contributed by atoms with E-state index in [9.17, 15) is 0 Å². The van der Waals surface area contributed by atoms with Gasteiger partial charge in [0.1, 0.15) is 0 Å². The summed E-state index contributed by atoms with van der Waals surface area (Å²) < 4.78 is 14.0. The zero-order chi connectivity index (χ0) is 15.2. The molecule has 0 atom stereocenters. The standard InChI is InChI=1S/C5H12O.C4H10O.C3H8O.C3H8.6CH4/c1-5(2)4-6-3;1-3-4-5-2;1-3-4-2;1-3-2;;;;;;/h5H,4H2,1-3H3;3-4H2,1-2H3;3H2,1-2H3;3H2,1-2H3;6*1H4. The van der Waals surface area contributed by atoms with E-state index in [1.165, 1.54) is 6.42 Å². The van der Waals surface area contributed by atoms with Gasteiger partial charge in [0.25, 0.3) is 0 Å². The Morgan fingerprint density at radius 1 is 0.625 bits per heavy atom. The second kappa shape index (κ2) is 92.5. The Kier molecular flexibility index (Phi) is 250. The topological polar surface area (TPSA) is 27.7 Å². The van der Waals surface area contributed by atoms with Gasteiger partial charge in [-0.05, 0) is 19.3 Å². The third kappa shape index (κ3) is 276. The van der Waals surface area contributed by atoms with Crippen molar-refractivity contribution in [3.63, 3.8) is 0 Å². The summed E-state index contributed by atoms with van der Waals surface area (Å²) in [7, 11) is 5.11. The number of ether oxygens (including phenoxy) is 3. The Hall–Kier alpha value is -0.120. The van der Waals surface area contributed by atoms with Crippen molar-refractivity contribution in [3.05, 3.63) is 0 Å². The van der Waals surface area contributed by atoms with Crippen molar-refractivity contribution < 1.29 is 14.2 Å². The molecule has 0 bridgehead atoms. The Bertz CT molecular complexity index is 83.2. The Morgan fingerprint density at radius 2 is 0.917 bits per heavy atom. The maximum Gasteiger partial charge on any atom is 0.0485 e. The van der Waals surface area contributed by atoms with Gasteiger partial charge < -0.3 is 14.2 Å². The molecule has 0 saturated carbocycles. The predicted molar refractivity (Wildman–Crippen MR) is 123 cm³/mol. The molecule has 164 valence electrons. The third-order valence-corrected chi connectivity index (χ3v) is 1.20. The van der Waals surface area contributed by atoms with Crippen LogP contribution in [-0.2, 0) is 14.2 Å². The first-order valence-electron chi connectivity index (χ1n) is 6.98. The zero-order valence-electron chi connectivity index (χ0n) is 14.3. The molecule has 0 aromatic heterocycles. The van der Waals surface area contributed by atoms with Crippen molar-refractivity contribution in [2.75, 3.05) is 41.2 Å². The van der Waals surface area contributed by atoms with Crippen molar-refractivity contribution >= 4 is 0 Å². The highest BCUT2D eigenvalue weighted by atomic mass is 16.5. The molecule has 0 aromatic rings. The summed E-state index contributed by atoms with van der Waals surface area (Å²) in [6.45, 7) is 15.1. The lowest BCUT2D eigenvalue weighted by molar-refractivity contribution is 0.167. The average Bonchev–Trinajstić information content (AvgIpc) is 2.32. The van der Waals surface area contributed by atoms with Gasteiger partial charge in [-0.1, -0.05) is 85.6 Å². The lowest BCUT2D eigenvalue weighted by Gasteiger charge is -1.97.